The Bertz CT molecular complexity index is 438. The molecule has 0 unspecified atom stereocenters. The van der Waals surface area contributed by atoms with Crippen molar-refractivity contribution in [2.75, 3.05) is 30.4 Å². The number of carbonyl (C=O) groups excluding carboxylic acids is 1. The van der Waals surface area contributed by atoms with E-state index in [1.165, 1.54) is 0 Å². The fourth-order valence-corrected chi connectivity index (χ4v) is 1.58. The van der Waals surface area contributed by atoms with Crippen LogP contribution < -0.4 is 15.5 Å². The fraction of sp³-hybridized carbons (Fsp3) is 0.583. The predicted octanol–water partition coefficient (Wildman–Crippen LogP) is 1.01. The van der Waals surface area contributed by atoms with Crippen LogP contribution >= 0.6 is 0 Å². The van der Waals surface area contributed by atoms with Crippen LogP contribution in [0.1, 0.15) is 20.8 Å². The normalized spacial score (nSPS) is 10.4. The van der Waals surface area contributed by atoms with Crippen molar-refractivity contribution in [1.29, 1.82) is 0 Å². The maximum absolute atomic E-state index is 13.7. The van der Waals surface area contributed by atoms with Crippen LogP contribution in [0.5, 0.6) is 0 Å². The van der Waals surface area contributed by atoms with Gasteiger partial charge in [0, 0.05) is 19.6 Å². The Hall–Kier alpha value is -1.92. The molecule has 1 rings (SSSR count). The lowest BCUT2D eigenvalue weighted by Gasteiger charge is -2.22. The molecule has 19 heavy (non-hydrogen) atoms. The summed E-state index contributed by atoms with van der Waals surface area (Å²) in [5.41, 5.74) is 0. The highest BCUT2D eigenvalue weighted by molar-refractivity contribution is 5.81. The fourth-order valence-electron chi connectivity index (χ4n) is 1.58. The molecule has 0 aliphatic rings. The van der Waals surface area contributed by atoms with Crippen LogP contribution in [0.25, 0.3) is 0 Å². The molecular weight excluding hydrogens is 249 g/mol. The molecule has 0 aliphatic heterocycles. The second kappa shape index (κ2) is 6.86. The monoisotopic (exact) mass is 269 g/mol. The first-order chi connectivity index (χ1) is 8.97. The molecule has 0 bridgehead atoms. The second-order valence-electron chi connectivity index (χ2n) is 4.35. The van der Waals surface area contributed by atoms with E-state index in [0.717, 1.165) is 6.20 Å². The van der Waals surface area contributed by atoms with Gasteiger partial charge in [0.25, 0.3) is 0 Å². The van der Waals surface area contributed by atoms with Crippen molar-refractivity contribution in [1.82, 2.24) is 15.3 Å². The molecule has 7 heteroatoms. The van der Waals surface area contributed by atoms with Gasteiger partial charge in [0.05, 0.1) is 12.7 Å². The summed E-state index contributed by atoms with van der Waals surface area (Å²) in [6.45, 7) is 6.12. The standard InChI is InChI=1S/C12H20FN5O/c1-5-18(7-10(19)16-8(2)3)11-9(13)6-15-12(14-4)17-11/h6,8H,5,7H2,1-4H3,(H,16,19)(H,14,15,17). The van der Waals surface area contributed by atoms with Gasteiger partial charge in [0.1, 0.15) is 0 Å². The lowest BCUT2D eigenvalue weighted by molar-refractivity contribution is -0.120. The largest absolute Gasteiger partial charge is 0.357 e. The minimum absolute atomic E-state index is 0.0503. The number of rotatable bonds is 6. The van der Waals surface area contributed by atoms with Crippen LogP contribution in [-0.2, 0) is 4.79 Å². The number of halogens is 1. The van der Waals surface area contributed by atoms with Crippen molar-refractivity contribution in [2.24, 2.45) is 0 Å². The molecular formula is C12H20FN5O. The van der Waals surface area contributed by atoms with Crippen molar-refractivity contribution in [3.63, 3.8) is 0 Å². The number of hydrogen-bond acceptors (Lipinski definition) is 5. The maximum Gasteiger partial charge on any atom is 0.239 e. The number of anilines is 2. The number of aromatic nitrogens is 2. The molecule has 0 aliphatic carbocycles. The third-order valence-electron chi connectivity index (χ3n) is 2.41. The Kier molecular flexibility index (Phi) is 5.47. The highest BCUT2D eigenvalue weighted by Crippen LogP contribution is 2.16. The zero-order chi connectivity index (χ0) is 14.4. The Morgan fingerprint density at radius 1 is 1.53 bits per heavy atom. The molecule has 0 atom stereocenters. The van der Waals surface area contributed by atoms with Gasteiger partial charge < -0.3 is 15.5 Å². The second-order valence-corrected chi connectivity index (χ2v) is 4.35. The van der Waals surface area contributed by atoms with Crippen LogP contribution in [-0.4, -0.2) is 42.1 Å². The molecule has 6 nitrogen and oxygen atoms in total. The Morgan fingerprint density at radius 3 is 2.74 bits per heavy atom. The molecule has 0 saturated heterocycles. The Labute approximate surface area is 112 Å². The predicted molar refractivity (Wildman–Crippen MR) is 72.7 cm³/mol. The number of carbonyl (C=O) groups is 1. The van der Waals surface area contributed by atoms with Gasteiger partial charge in [-0.3, -0.25) is 4.79 Å². The molecule has 1 amide bonds. The molecule has 0 saturated carbocycles. The lowest BCUT2D eigenvalue weighted by Crippen LogP contribution is -2.40. The molecule has 1 heterocycles. The van der Waals surface area contributed by atoms with Crippen molar-refractivity contribution in [2.45, 2.75) is 26.8 Å². The molecule has 0 radical (unpaired) electrons. The molecule has 2 N–H and O–H groups in total. The van der Waals surface area contributed by atoms with Gasteiger partial charge in [0.2, 0.25) is 11.9 Å². The average Bonchev–Trinajstić information content (AvgIpc) is 2.36. The Morgan fingerprint density at radius 2 is 2.21 bits per heavy atom. The average molecular weight is 269 g/mol. The van der Waals surface area contributed by atoms with Crippen molar-refractivity contribution in [3.8, 4) is 0 Å². The zero-order valence-electron chi connectivity index (χ0n) is 11.7. The van der Waals surface area contributed by atoms with Crippen LogP contribution in [0.15, 0.2) is 6.20 Å². The van der Waals surface area contributed by atoms with Gasteiger partial charge in [0.15, 0.2) is 11.6 Å². The van der Waals surface area contributed by atoms with E-state index in [1.807, 2.05) is 20.8 Å². The first-order valence-electron chi connectivity index (χ1n) is 6.22. The summed E-state index contributed by atoms with van der Waals surface area (Å²) >= 11 is 0. The smallest absolute Gasteiger partial charge is 0.239 e. The van der Waals surface area contributed by atoms with Gasteiger partial charge in [-0.1, -0.05) is 0 Å². The van der Waals surface area contributed by atoms with Gasteiger partial charge in [-0.25, -0.2) is 9.37 Å². The summed E-state index contributed by atoms with van der Waals surface area (Å²) < 4.78 is 13.7. The van der Waals surface area contributed by atoms with Crippen LogP contribution in [0.3, 0.4) is 0 Å². The van der Waals surface area contributed by atoms with Crippen molar-refractivity contribution < 1.29 is 9.18 Å². The van der Waals surface area contributed by atoms with E-state index in [2.05, 4.69) is 20.6 Å². The summed E-state index contributed by atoms with van der Waals surface area (Å²) in [4.78, 5) is 21.1. The molecule has 0 fully saturated rings. The summed E-state index contributed by atoms with van der Waals surface area (Å²) in [6.07, 6.45) is 1.09. The number of nitrogens with one attached hydrogen (secondary N) is 2. The van der Waals surface area contributed by atoms with E-state index in [9.17, 15) is 9.18 Å². The highest BCUT2D eigenvalue weighted by atomic mass is 19.1. The topological polar surface area (TPSA) is 70.2 Å². The zero-order valence-corrected chi connectivity index (χ0v) is 11.7. The molecule has 0 spiro atoms. The van der Waals surface area contributed by atoms with Gasteiger partial charge >= 0.3 is 0 Å². The summed E-state index contributed by atoms with van der Waals surface area (Å²) in [6, 6.07) is 0.0503. The molecule has 1 aromatic rings. The maximum atomic E-state index is 13.7. The van der Waals surface area contributed by atoms with Gasteiger partial charge in [-0.2, -0.15) is 4.98 Å². The molecule has 1 aromatic heterocycles. The SMILES string of the molecule is CCN(CC(=O)NC(C)C)c1nc(NC)ncc1F. The minimum atomic E-state index is -0.543. The first kappa shape index (κ1) is 15.1. The minimum Gasteiger partial charge on any atom is -0.357 e. The number of nitrogens with zero attached hydrogens (tertiary/aromatic N) is 3. The first-order valence-corrected chi connectivity index (χ1v) is 6.22. The summed E-state index contributed by atoms with van der Waals surface area (Å²) in [5, 5.41) is 5.51. The quantitative estimate of drug-likeness (QED) is 0.806. The highest BCUT2D eigenvalue weighted by Gasteiger charge is 2.16. The van der Waals surface area contributed by atoms with E-state index in [-0.39, 0.29) is 24.3 Å². The van der Waals surface area contributed by atoms with E-state index in [0.29, 0.717) is 12.5 Å². The molecule has 106 valence electrons. The van der Waals surface area contributed by atoms with Crippen LogP contribution in [0.2, 0.25) is 0 Å². The van der Waals surface area contributed by atoms with Gasteiger partial charge in [-0.15, -0.1) is 0 Å². The van der Waals surface area contributed by atoms with Crippen LogP contribution in [0, 0.1) is 5.82 Å². The van der Waals surface area contributed by atoms with Crippen LogP contribution in [0.4, 0.5) is 16.2 Å². The van der Waals surface area contributed by atoms with E-state index >= 15 is 0 Å². The van der Waals surface area contributed by atoms with Gasteiger partial charge in [-0.05, 0) is 20.8 Å². The number of hydrogen-bond donors (Lipinski definition) is 2. The summed E-state index contributed by atoms with van der Waals surface area (Å²) in [7, 11) is 1.65. The van der Waals surface area contributed by atoms with E-state index in [1.54, 1.807) is 11.9 Å². The summed E-state index contributed by atoms with van der Waals surface area (Å²) in [5.74, 6) is -0.265. The third-order valence-corrected chi connectivity index (χ3v) is 2.41. The molecule has 0 aromatic carbocycles. The van der Waals surface area contributed by atoms with E-state index < -0.39 is 5.82 Å². The van der Waals surface area contributed by atoms with E-state index in [4.69, 9.17) is 0 Å². The lowest BCUT2D eigenvalue weighted by atomic mass is 10.3. The Balaban J connectivity index is 2.87. The third kappa shape index (κ3) is 4.35. The van der Waals surface area contributed by atoms with Crippen molar-refractivity contribution >= 4 is 17.7 Å². The number of amides is 1. The number of likely N-dealkylation sites (N-methyl/N-ethyl adjacent to an activating group) is 1. The van der Waals surface area contributed by atoms with Crippen molar-refractivity contribution in [3.05, 3.63) is 12.0 Å².